The summed E-state index contributed by atoms with van der Waals surface area (Å²) in [6, 6.07) is 2.07. The lowest BCUT2D eigenvalue weighted by atomic mass is 10.1. The molecule has 0 unspecified atom stereocenters. The number of alkyl halides is 3. The minimum Gasteiger partial charge on any atom is -0.483 e. The monoisotopic (exact) mass is 360 g/mol. The zero-order valence-electron chi connectivity index (χ0n) is 12.7. The maximum Gasteiger partial charge on any atom is 0.420 e. The molecule has 0 bridgehead atoms. The van der Waals surface area contributed by atoms with E-state index in [1.54, 1.807) is 6.92 Å². The van der Waals surface area contributed by atoms with E-state index < -0.39 is 39.6 Å². The molecule has 0 atom stereocenters. The van der Waals surface area contributed by atoms with E-state index in [2.05, 4.69) is 4.98 Å². The van der Waals surface area contributed by atoms with Gasteiger partial charge in [-0.2, -0.15) is 13.2 Å². The largest absolute Gasteiger partial charge is 0.483 e. The first kappa shape index (κ1) is 18.2. The van der Waals surface area contributed by atoms with Gasteiger partial charge < -0.3 is 14.9 Å². The maximum atomic E-state index is 13.1. The van der Waals surface area contributed by atoms with Gasteiger partial charge in [-0.15, -0.1) is 0 Å². The Balaban J connectivity index is 2.32. The summed E-state index contributed by atoms with van der Waals surface area (Å²) in [6.07, 6.45) is -3.89. The number of halogens is 3. The number of hydrogen-bond acceptors (Lipinski definition) is 6. The molecule has 0 aliphatic heterocycles. The Morgan fingerprint density at radius 2 is 1.92 bits per heavy atom. The average Bonchev–Trinajstić information content (AvgIpc) is 2.94. The third kappa shape index (κ3) is 3.84. The molecule has 0 amide bonds. The van der Waals surface area contributed by atoms with Crippen molar-refractivity contribution in [1.29, 1.82) is 0 Å². The van der Waals surface area contributed by atoms with E-state index in [0.29, 0.717) is 6.07 Å². The van der Waals surface area contributed by atoms with Gasteiger partial charge in [0, 0.05) is 12.1 Å². The standard InChI is InChI=1S/C13H11F3N4O5/c1-2-18-11(17-6-12(18)20(23)24)7-25-10-4-3-8(19(21)22)5-9(10)13(14,15)16/h3-6H,2,7H2,1H3. The Labute approximate surface area is 138 Å². The molecule has 1 heterocycles. The molecule has 0 fully saturated rings. The minimum absolute atomic E-state index is 0.0562. The highest BCUT2D eigenvalue weighted by Gasteiger charge is 2.36. The molecule has 0 aliphatic carbocycles. The molecule has 2 aromatic rings. The van der Waals surface area contributed by atoms with Gasteiger partial charge in [0.15, 0.2) is 6.61 Å². The molecule has 134 valence electrons. The topological polar surface area (TPSA) is 113 Å². The second-order valence-corrected chi connectivity index (χ2v) is 4.76. The number of ether oxygens (including phenoxy) is 1. The second kappa shape index (κ2) is 6.75. The van der Waals surface area contributed by atoms with Crippen molar-refractivity contribution in [2.75, 3.05) is 0 Å². The van der Waals surface area contributed by atoms with E-state index >= 15 is 0 Å². The maximum absolute atomic E-state index is 13.1. The van der Waals surface area contributed by atoms with Crippen LogP contribution in [0.2, 0.25) is 0 Å². The van der Waals surface area contributed by atoms with Gasteiger partial charge in [0.05, 0.1) is 11.5 Å². The molecule has 0 aliphatic rings. The molecular formula is C13H11F3N4O5. The Morgan fingerprint density at radius 3 is 2.44 bits per heavy atom. The van der Waals surface area contributed by atoms with Gasteiger partial charge in [-0.1, -0.05) is 0 Å². The number of rotatable bonds is 6. The van der Waals surface area contributed by atoms with E-state index in [1.165, 1.54) is 4.57 Å². The summed E-state index contributed by atoms with van der Waals surface area (Å²) in [5.74, 6) is -0.895. The van der Waals surface area contributed by atoms with Crippen LogP contribution in [0.25, 0.3) is 0 Å². The lowest BCUT2D eigenvalue weighted by molar-refractivity contribution is -0.392. The summed E-state index contributed by atoms with van der Waals surface area (Å²) in [7, 11) is 0. The van der Waals surface area contributed by atoms with Crippen LogP contribution in [0.15, 0.2) is 24.4 Å². The normalized spacial score (nSPS) is 11.4. The lowest BCUT2D eigenvalue weighted by Crippen LogP contribution is -2.12. The fourth-order valence-corrected chi connectivity index (χ4v) is 2.13. The van der Waals surface area contributed by atoms with Crippen LogP contribution in [0.3, 0.4) is 0 Å². The summed E-state index contributed by atoms with van der Waals surface area (Å²) in [5.41, 5.74) is -2.05. The summed E-state index contributed by atoms with van der Waals surface area (Å²) in [4.78, 5) is 23.6. The Hall–Kier alpha value is -3.18. The molecular weight excluding hydrogens is 349 g/mol. The fourth-order valence-electron chi connectivity index (χ4n) is 2.13. The van der Waals surface area contributed by atoms with Gasteiger partial charge in [-0.05, 0) is 17.9 Å². The molecule has 25 heavy (non-hydrogen) atoms. The van der Waals surface area contributed by atoms with Crippen LogP contribution < -0.4 is 4.74 Å². The van der Waals surface area contributed by atoms with Crippen molar-refractivity contribution in [1.82, 2.24) is 9.55 Å². The van der Waals surface area contributed by atoms with Crippen molar-refractivity contribution < 1.29 is 27.8 Å². The zero-order valence-corrected chi connectivity index (χ0v) is 12.7. The Morgan fingerprint density at radius 1 is 1.24 bits per heavy atom. The van der Waals surface area contributed by atoms with Gasteiger partial charge >= 0.3 is 12.0 Å². The average molecular weight is 360 g/mol. The molecule has 1 aromatic heterocycles. The molecule has 0 spiro atoms. The molecule has 0 N–H and O–H groups in total. The predicted octanol–water partition coefficient (Wildman–Crippen LogP) is 3.32. The van der Waals surface area contributed by atoms with E-state index in [0.717, 1.165) is 18.3 Å². The number of benzene rings is 1. The Kier molecular flexibility index (Phi) is 4.90. The van der Waals surface area contributed by atoms with Crippen molar-refractivity contribution in [3.05, 3.63) is 56.0 Å². The summed E-state index contributed by atoms with van der Waals surface area (Å²) in [6.45, 7) is 1.30. The number of imidazole rings is 1. The number of non-ortho nitro benzene ring substituents is 1. The Bertz CT molecular complexity index is 818. The molecule has 0 saturated heterocycles. The number of nitro groups is 2. The SMILES string of the molecule is CCn1c([N+](=O)[O-])cnc1COc1ccc([N+](=O)[O-])cc1C(F)(F)F. The molecule has 0 radical (unpaired) electrons. The highest BCUT2D eigenvalue weighted by molar-refractivity contribution is 5.45. The fraction of sp³-hybridized carbons (Fsp3) is 0.308. The van der Waals surface area contributed by atoms with Crippen LogP contribution in [0.4, 0.5) is 24.7 Å². The summed E-state index contributed by atoms with van der Waals surface area (Å²) < 4.78 is 45.4. The quantitative estimate of drug-likeness (QED) is 0.577. The van der Waals surface area contributed by atoms with Crippen molar-refractivity contribution in [2.45, 2.75) is 26.3 Å². The molecule has 2 rings (SSSR count). The second-order valence-electron chi connectivity index (χ2n) is 4.76. The van der Waals surface area contributed by atoms with Crippen molar-refractivity contribution >= 4 is 11.5 Å². The summed E-state index contributed by atoms with van der Waals surface area (Å²) in [5, 5.41) is 21.5. The van der Waals surface area contributed by atoms with Crippen molar-refractivity contribution in [2.24, 2.45) is 0 Å². The number of nitro benzene ring substituents is 1. The first-order valence-electron chi connectivity index (χ1n) is 6.82. The van der Waals surface area contributed by atoms with Gasteiger partial charge in [-0.3, -0.25) is 10.1 Å². The third-order valence-corrected chi connectivity index (χ3v) is 3.26. The first-order chi connectivity index (χ1) is 11.6. The molecule has 1 aromatic carbocycles. The minimum atomic E-state index is -4.87. The van der Waals surface area contributed by atoms with Crippen LogP contribution in [0.1, 0.15) is 18.3 Å². The molecule has 9 nitrogen and oxygen atoms in total. The van der Waals surface area contributed by atoms with E-state index in [4.69, 9.17) is 4.74 Å². The van der Waals surface area contributed by atoms with Crippen LogP contribution >= 0.6 is 0 Å². The van der Waals surface area contributed by atoms with Crippen LogP contribution in [-0.2, 0) is 19.3 Å². The van der Waals surface area contributed by atoms with Crippen molar-refractivity contribution in [3.63, 3.8) is 0 Å². The molecule has 0 saturated carbocycles. The highest BCUT2D eigenvalue weighted by Crippen LogP contribution is 2.38. The first-order valence-corrected chi connectivity index (χ1v) is 6.82. The predicted molar refractivity (Wildman–Crippen MR) is 77.0 cm³/mol. The molecule has 12 heteroatoms. The van der Waals surface area contributed by atoms with E-state index in [-0.39, 0.29) is 18.2 Å². The van der Waals surface area contributed by atoms with Gasteiger partial charge in [-0.25, -0.2) is 9.55 Å². The highest BCUT2D eigenvalue weighted by atomic mass is 19.4. The van der Waals surface area contributed by atoms with E-state index in [9.17, 15) is 33.4 Å². The van der Waals surface area contributed by atoms with Crippen LogP contribution in [0, 0.1) is 20.2 Å². The number of aromatic nitrogens is 2. The van der Waals surface area contributed by atoms with Gasteiger partial charge in [0.25, 0.3) is 5.69 Å². The van der Waals surface area contributed by atoms with Crippen molar-refractivity contribution in [3.8, 4) is 5.75 Å². The van der Waals surface area contributed by atoms with Crippen LogP contribution in [-0.4, -0.2) is 19.4 Å². The van der Waals surface area contributed by atoms with Crippen LogP contribution in [0.5, 0.6) is 5.75 Å². The van der Waals surface area contributed by atoms with Gasteiger partial charge in [0.2, 0.25) is 5.82 Å². The van der Waals surface area contributed by atoms with Gasteiger partial charge in [0.1, 0.15) is 17.5 Å². The zero-order chi connectivity index (χ0) is 18.8. The lowest BCUT2D eigenvalue weighted by Gasteiger charge is -2.13. The number of nitrogens with zero attached hydrogens (tertiary/aromatic N) is 4. The summed E-state index contributed by atoms with van der Waals surface area (Å²) >= 11 is 0. The van der Waals surface area contributed by atoms with E-state index in [1.807, 2.05) is 0 Å². The third-order valence-electron chi connectivity index (χ3n) is 3.26. The smallest absolute Gasteiger partial charge is 0.420 e. The number of hydrogen-bond donors (Lipinski definition) is 0.